The minimum absolute atomic E-state index is 0.693. The Balaban J connectivity index is 1.76. The van der Waals surface area contributed by atoms with E-state index in [0.29, 0.717) is 6.04 Å². The summed E-state index contributed by atoms with van der Waals surface area (Å²) in [7, 11) is 0. The van der Waals surface area contributed by atoms with Crippen LogP contribution in [-0.4, -0.2) is 24.2 Å². The molecule has 112 valence electrons. The van der Waals surface area contributed by atoms with Crippen LogP contribution in [0, 0.1) is 0 Å². The van der Waals surface area contributed by atoms with Crippen LogP contribution in [0.4, 0.5) is 0 Å². The largest absolute Gasteiger partial charge is 0.494 e. The number of nitrogens with one attached hydrogen (secondary N) is 1. The summed E-state index contributed by atoms with van der Waals surface area (Å²) in [5.74, 6) is 0.997. The predicted octanol–water partition coefficient (Wildman–Crippen LogP) is 4.24. The van der Waals surface area contributed by atoms with Gasteiger partial charge in [-0.05, 0) is 56.1 Å². The maximum absolute atomic E-state index is 5.69. The molecule has 1 aliphatic carbocycles. The molecule has 1 saturated carbocycles. The van der Waals surface area contributed by atoms with Crippen LogP contribution < -0.4 is 10.1 Å². The maximum atomic E-state index is 5.69. The molecule has 0 unspecified atom stereocenters. The lowest BCUT2D eigenvalue weighted by atomic mass is 9.95. The number of thioether (sulfide) groups is 1. The number of hydrogen-bond acceptors (Lipinski definition) is 3. The molecule has 0 aliphatic heterocycles. The summed E-state index contributed by atoms with van der Waals surface area (Å²) in [6.07, 6.45) is 8.65. The third-order valence-electron chi connectivity index (χ3n) is 3.97. The van der Waals surface area contributed by atoms with Crippen LogP contribution in [0.25, 0.3) is 0 Å². The molecule has 0 bridgehead atoms. The molecule has 1 fully saturated rings. The molecule has 0 saturated heterocycles. The molecule has 0 radical (unpaired) electrons. The van der Waals surface area contributed by atoms with Gasteiger partial charge in [0.1, 0.15) is 5.75 Å². The van der Waals surface area contributed by atoms with E-state index in [1.54, 1.807) is 0 Å². The fourth-order valence-corrected chi connectivity index (χ4v) is 3.47. The lowest BCUT2D eigenvalue weighted by molar-refractivity contribution is 0.317. The first kappa shape index (κ1) is 15.7. The van der Waals surface area contributed by atoms with E-state index in [1.807, 2.05) is 17.8 Å². The molecule has 1 aliphatic rings. The monoisotopic (exact) mass is 293 g/mol. The first-order valence-electron chi connectivity index (χ1n) is 7.79. The Morgan fingerprint density at radius 2 is 2.05 bits per heavy atom. The van der Waals surface area contributed by atoms with Gasteiger partial charge in [-0.3, -0.25) is 0 Å². The minimum atomic E-state index is 0.693. The van der Waals surface area contributed by atoms with E-state index >= 15 is 0 Å². The second-order valence-corrected chi connectivity index (χ2v) is 6.72. The first-order valence-corrected chi connectivity index (χ1v) is 9.08. The van der Waals surface area contributed by atoms with E-state index in [2.05, 4.69) is 36.7 Å². The van der Waals surface area contributed by atoms with Crippen molar-refractivity contribution in [2.75, 3.05) is 12.9 Å². The van der Waals surface area contributed by atoms with E-state index in [1.165, 1.54) is 31.2 Å². The highest BCUT2D eigenvalue weighted by Gasteiger charge is 2.19. The second kappa shape index (κ2) is 8.58. The van der Waals surface area contributed by atoms with E-state index in [9.17, 15) is 0 Å². The highest BCUT2D eigenvalue weighted by Crippen LogP contribution is 2.27. The van der Waals surface area contributed by atoms with Gasteiger partial charge in [0.2, 0.25) is 0 Å². The highest BCUT2D eigenvalue weighted by atomic mass is 32.2. The summed E-state index contributed by atoms with van der Waals surface area (Å²) < 4.78 is 5.69. The SMILES string of the molecule is CCCOc1cccc(CNC2CCC(SC)CC2)c1. The van der Waals surface area contributed by atoms with Gasteiger partial charge in [0.05, 0.1) is 6.61 Å². The Kier molecular flexibility index (Phi) is 6.74. The summed E-state index contributed by atoms with van der Waals surface area (Å²) in [6.45, 7) is 3.89. The van der Waals surface area contributed by atoms with Gasteiger partial charge < -0.3 is 10.1 Å². The Morgan fingerprint density at radius 1 is 1.25 bits per heavy atom. The van der Waals surface area contributed by atoms with Crippen LogP contribution in [0.5, 0.6) is 5.75 Å². The smallest absolute Gasteiger partial charge is 0.119 e. The predicted molar refractivity (Wildman–Crippen MR) is 88.6 cm³/mol. The fraction of sp³-hybridized carbons (Fsp3) is 0.647. The molecular formula is C17H27NOS. The van der Waals surface area contributed by atoms with Gasteiger partial charge in [-0.1, -0.05) is 19.1 Å². The van der Waals surface area contributed by atoms with Crippen molar-refractivity contribution in [1.82, 2.24) is 5.32 Å². The van der Waals surface area contributed by atoms with Crippen molar-refractivity contribution in [1.29, 1.82) is 0 Å². The van der Waals surface area contributed by atoms with E-state index in [4.69, 9.17) is 4.74 Å². The van der Waals surface area contributed by atoms with Crippen molar-refractivity contribution in [3.8, 4) is 5.75 Å². The molecule has 0 heterocycles. The number of ether oxygens (including phenoxy) is 1. The zero-order valence-electron chi connectivity index (χ0n) is 12.7. The van der Waals surface area contributed by atoms with Crippen molar-refractivity contribution < 1.29 is 4.74 Å². The molecule has 1 aromatic rings. The van der Waals surface area contributed by atoms with Gasteiger partial charge in [-0.15, -0.1) is 0 Å². The van der Waals surface area contributed by atoms with Gasteiger partial charge in [0.15, 0.2) is 0 Å². The van der Waals surface area contributed by atoms with Crippen LogP contribution in [0.2, 0.25) is 0 Å². The molecule has 2 rings (SSSR count). The summed E-state index contributed by atoms with van der Waals surface area (Å²) in [5.41, 5.74) is 1.32. The van der Waals surface area contributed by atoms with Gasteiger partial charge in [0, 0.05) is 17.8 Å². The molecule has 0 atom stereocenters. The average molecular weight is 293 g/mol. The lowest BCUT2D eigenvalue weighted by Crippen LogP contribution is -2.33. The molecule has 0 spiro atoms. The molecule has 1 N–H and O–H groups in total. The molecule has 0 aromatic heterocycles. The lowest BCUT2D eigenvalue weighted by Gasteiger charge is -2.28. The molecule has 20 heavy (non-hydrogen) atoms. The molecule has 1 aromatic carbocycles. The van der Waals surface area contributed by atoms with Gasteiger partial charge in [-0.2, -0.15) is 11.8 Å². The zero-order valence-corrected chi connectivity index (χ0v) is 13.5. The van der Waals surface area contributed by atoms with Gasteiger partial charge >= 0.3 is 0 Å². The fourth-order valence-electron chi connectivity index (χ4n) is 2.73. The average Bonchev–Trinajstić information content (AvgIpc) is 2.52. The molecule has 0 amide bonds. The Morgan fingerprint density at radius 3 is 2.75 bits per heavy atom. The van der Waals surface area contributed by atoms with Crippen molar-refractivity contribution in [2.45, 2.75) is 56.9 Å². The maximum Gasteiger partial charge on any atom is 0.119 e. The van der Waals surface area contributed by atoms with Crippen molar-refractivity contribution >= 4 is 11.8 Å². The van der Waals surface area contributed by atoms with E-state index < -0.39 is 0 Å². The van der Waals surface area contributed by atoms with Crippen LogP contribution in [-0.2, 0) is 6.54 Å². The standard InChI is InChI=1S/C17H27NOS/c1-3-11-19-16-6-4-5-14(12-16)13-18-15-7-9-17(20-2)10-8-15/h4-6,12,15,17-18H,3,7-11,13H2,1-2H3. The summed E-state index contributed by atoms with van der Waals surface area (Å²) >= 11 is 2.03. The van der Waals surface area contributed by atoms with Crippen LogP contribution in [0.15, 0.2) is 24.3 Å². The minimum Gasteiger partial charge on any atom is -0.494 e. The normalized spacial score (nSPS) is 22.7. The van der Waals surface area contributed by atoms with Crippen LogP contribution >= 0.6 is 11.8 Å². The summed E-state index contributed by atoms with van der Waals surface area (Å²) in [4.78, 5) is 0. The van der Waals surface area contributed by atoms with Crippen LogP contribution in [0.3, 0.4) is 0 Å². The highest BCUT2D eigenvalue weighted by molar-refractivity contribution is 7.99. The number of hydrogen-bond donors (Lipinski definition) is 1. The second-order valence-electron chi connectivity index (χ2n) is 5.59. The van der Waals surface area contributed by atoms with E-state index in [-0.39, 0.29) is 0 Å². The third kappa shape index (κ3) is 5.02. The topological polar surface area (TPSA) is 21.3 Å². The summed E-state index contributed by atoms with van der Waals surface area (Å²) in [6, 6.07) is 9.17. The van der Waals surface area contributed by atoms with Crippen molar-refractivity contribution in [2.24, 2.45) is 0 Å². The van der Waals surface area contributed by atoms with Crippen molar-refractivity contribution in [3.63, 3.8) is 0 Å². The zero-order chi connectivity index (χ0) is 14.2. The quantitative estimate of drug-likeness (QED) is 0.812. The molecule has 2 nitrogen and oxygen atoms in total. The molecular weight excluding hydrogens is 266 g/mol. The van der Waals surface area contributed by atoms with Gasteiger partial charge in [-0.25, -0.2) is 0 Å². The molecule has 3 heteroatoms. The summed E-state index contributed by atoms with van der Waals surface area (Å²) in [5, 5.41) is 4.59. The Hall–Kier alpha value is -0.670. The Bertz CT molecular complexity index is 388. The van der Waals surface area contributed by atoms with Crippen molar-refractivity contribution in [3.05, 3.63) is 29.8 Å². The number of rotatable bonds is 7. The third-order valence-corrected chi connectivity index (χ3v) is 5.11. The van der Waals surface area contributed by atoms with E-state index in [0.717, 1.165) is 30.6 Å². The number of benzene rings is 1. The van der Waals surface area contributed by atoms with Crippen LogP contribution in [0.1, 0.15) is 44.6 Å². The van der Waals surface area contributed by atoms with Gasteiger partial charge in [0.25, 0.3) is 0 Å². The Labute approximate surface area is 127 Å². The first-order chi connectivity index (χ1) is 9.81.